The van der Waals surface area contributed by atoms with Gasteiger partial charge in [-0.15, -0.1) is 0 Å². The van der Waals surface area contributed by atoms with Gasteiger partial charge in [0.25, 0.3) is 0 Å². The lowest BCUT2D eigenvalue weighted by molar-refractivity contribution is 0.202. The first-order valence-corrected chi connectivity index (χ1v) is 3.85. The van der Waals surface area contributed by atoms with Gasteiger partial charge in [-0.3, -0.25) is 0 Å². The molecule has 2 N–H and O–H groups in total. The molecular weight excluding hydrogens is 154 g/mol. The summed E-state index contributed by atoms with van der Waals surface area (Å²) >= 11 is 0. The maximum atomic E-state index is 9.36. The van der Waals surface area contributed by atoms with Crippen molar-refractivity contribution in [3.63, 3.8) is 0 Å². The van der Waals surface area contributed by atoms with E-state index in [-0.39, 0.29) is 5.76 Å². The first-order valence-electron chi connectivity index (χ1n) is 3.85. The summed E-state index contributed by atoms with van der Waals surface area (Å²) in [6.45, 7) is 8.02. The normalized spacial score (nSPS) is 17.2. The number of hydrogen-bond acceptors (Lipinski definition) is 3. The Balaban J connectivity index is 2.95. The summed E-state index contributed by atoms with van der Waals surface area (Å²) < 4.78 is 5.24. The summed E-state index contributed by atoms with van der Waals surface area (Å²) in [5.74, 6) is 0.642. The third-order valence-corrected chi connectivity index (χ3v) is 1.70. The molecule has 0 aliphatic carbocycles. The van der Waals surface area contributed by atoms with Crippen LogP contribution < -0.4 is 5.32 Å². The molecule has 1 aliphatic heterocycles. The Morgan fingerprint density at radius 1 is 1.67 bits per heavy atom. The third-order valence-electron chi connectivity index (χ3n) is 1.70. The van der Waals surface area contributed by atoms with Crippen molar-refractivity contribution in [2.45, 2.75) is 13.8 Å². The van der Waals surface area contributed by atoms with Gasteiger partial charge in [0, 0.05) is 17.5 Å². The summed E-state index contributed by atoms with van der Waals surface area (Å²) in [5.41, 5.74) is 1.60. The number of dihydropyridines is 1. The summed E-state index contributed by atoms with van der Waals surface area (Å²) in [4.78, 5) is 0. The summed E-state index contributed by atoms with van der Waals surface area (Å²) in [6, 6.07) is 0. The van der Waals surface area contributed by atoms with Gasteiger partial charge in [-0.05, 0) is 13.8 Å². The molecule has 0 saturated carbocycles. The van der Waals surface area contributed by atoms with E-state index in [1.165, 1.54) is 6.20 Å². The van der Waals surface area contributed by atoms with Crippen LogP contribution in [0.2, 0.25) is 0 Å². The fraction of sp³-hybridized carbons (Fsp3) is 0.333. The highest BCUT2D eigenvalue weighted by Crippen LogP contribution is 2.21. The van der Waals surface area contributed by atoms with E-state index in [9.17, 15) is 5.11 Å². The van der Waals surface area contributed by atoms with Crippen molar-refractivity contribution in [3.05, 3.63) is 35.6 Å². The Morgan fingerprint density at radius 3 is 2.92 bits per heavy atom. The largest absolute Gasteiger partial charge is 0.503 e. The van der Waals surface area contributed by atoms with Gasteiger partial charge in [-0.25, -0.2) is 0 Å². The molecule has 0 aromatic heterocycles. The number of aliphatic hydroxyl groups is 1. The highest BCUT2D eigenvalue weighted by atomic mass is 16.5. The van der Waals surface area contributed by atoms with Gasteiger partial charge < -0.3 is 15.2 Å². The van der Waals surface area contributed by atoms with Crippen molar-refractivity contribution >= 4 is 0 Å². The zero-order valence-electron chi connectivity index (χ0n) is 7.35. The molecule has 0 fully saturated rings. The minimum atomic E-state index is 0.127. The van der Waals surface area contributed by atoms with Gasteiger partial charge in [0.05, 0.1) is 6.61 Å². The molecule has 0 aromatic carbocycles. The predicted octanol–water partition coefficient (Wildman–Crippen LogP) is 1.81. The standard InChI is InChI=1S/C9H13NO2/c1-4-12-9-6(2)7(3)10-5-8(9)11/h5,10-11H,3-4H2,1-2H3. The Labute approximate surface area is 72.0 Å². The Bertz CT molecular complexity index is 264. The van der Waals surface area contributed by atoms with Crippen LogP contribution in [0.25, 0.3) is 0 Å². The smallest absolute Gasteiger partial charge is 0.174 e. The van der Waals surface area contributed by atoms with Crippen molar-refractivity contribution in [1.82, 2.24) is 5.32 Å². The van der Waals surface area contributed by atoms with E-state index in [1.807, 2.05) is 13.8 Å². The van der Waals surface area contributed by atoms with Crippen LogP contribution in [-0.4, -0.2) is 11.7 Å². The highest BCUT2D eigenvalue weighted by Gasteiger charge is 2.15. The molecule has 0 saturated heterocycles. The first-order chi connectivity index (χ1) is 5.66. The van der Waals surface area contributed by atoms with Crippen LogP contribution in [0, 0.1) is 0 Å². The Kier molecular flexibility index (Phi) is 2.43. The van der Waals surface area contributed by atoms with E-state index < -0.39 is 0 Å². The second-order valence-corrected chi connectivity index (χ2v) is 2.54. The fourth-order valence-corrected chi connectivity index (χ4v) is 0.985. The number of aliphatic hydroxyl groups excluding tert-OH is 1. The lowest BCUT2D eigenvalue weighted by Gasteiger charge is -2.18. The number of allylic oxidation sites excluding steroid dienone is 1. The number of ether oxygens (including phenoxy) is 1. The molecule has 0 unspecified atom stereocenters. The summed E-state index contributed by atoms with van der Waals surface area (Å²) in [5, 5.41) is 12.2. The van der Waals surface area contributed by atoms with Crippen molar-refractivity contribution in [2.24, 2.45) is 0 Å². The quantitative estimate of drug-likeness (QED) is 0.659. The van der Waals surface area contributed by atoms with Crippen molar-refractivity contribution in [2.75, 3.05) is 6.61 Å². The first kappa shape index (κ1) is 8.71. The monoisotopic (exact) mass is 167 g/mol. The Morgan fingerprint density at radius 2 is 2.33 bits per heavy atom. The molecule has 1 aliphatic rings. The topological polar surface area (TPSA) is 41.5 Å². The van der Waals surface area contributed by atoms with Crippen LogP contribution in [0.4, 0.5) is 0 Å². The average molecular weight is 167 g/mol. The van der Waals surface area contributed by atoms with Gasteiger partial charge in [0.1, 0.15) is 0 Å². The number of nitrogens with one attached hydrogen (secondary N) is 1. The van der Waals surface area contributed by atoms with E-state index >= 15 is 0 Å². The molecule has 3 nitrogen and oxygen atoms in total. The third kappa shape index (κ3) is 1.44. The van der Waals surface area contributed by atoms with E-state index in [0.717, 1.165) is 11.3 Å². The van der Waals surface area contributed by atoms with Crippen molar-refractivity contribution in [3.8, 4) is 0 Å². The van der Waals surface area contributed by atoms with Crippen LogP contribution in [0.5, 0.6) is 0 Å². The van der Waals surface area contributed by atoms with Gasteiger partial charge in [-0.2, -0.15) is 0 Å². The van der Waals surface area contributed by atoms with Crippen LogP contribution in [0.3, 0.4) is 0 Å². The second-order valence-electron chi connectivity index (χ2n) is 2.54. The summed E-state index contributed by atoms with van der Waals surface area (Å²) in [6.07, 6.45) is 1.47. The molecule has 1 heterocycles. The van der Waals surface area contributed by atoms with E-state index in [2.05, 4.69) is 11.9 Å². The molecule has 0 amide bonds. The molecule has 0 aromatic rings. The average Bonchev–Trinajstić information content (AvgIpc) is 2.06. The zero-order valence-corrected chi connectivity index (χ0v) is 7.35. The number of hydrogen-bond donors (Lipinski definition) is 2. The van der Waals surface area contributed by atoms with E-state index in [4.69, 9.17) is 4.74 Å². The SMILES string of the molecule is C=C1NC=C(O)C(OCC)=C1C. The van der Waals surface area contributed by atoms with E-state index in [1.54, 1.807) is 0 Å². The molecule has 0 bridgehead atoms. The molecule has 66 valence electrons. The maximum Gasteiger partial charge on any atom is 0.174 e. The molecule has 1 rings (SSSR count). The zero-order chi connectivity index (χ0) is 9.14. The minimum absolute atomic E-state index is 0.127. The second kappa shape index (κ2) is 3.34. The van der Waals surface area contributed by atoms with Gasteiger partial charge in [0.15, 0.2) is 11.5 Å². The molecule has 0 spiro atoms. The van der Waals surface area contributed by atoms with Crippen molar-refractivity contribution in [1.29, 1.82) is 0 Å². The fourth-order valence-electron chi connectivity index (χ4n) is 0.985. The molecular formula is C9H13NO2. The molecule has 12 heavy (non-hydrogen) atoms. The van der Waals surface area contributed by atoms with Gasteiger partial charge >= 0.3 is 0 Å². The molecule has 3 heteroatoms. The van der Waals surface area contributed by atoms with Crippen LogP contribution in [0.1, 0.15) is 13.8 Å². The van der Waals surface area contributed by atoms with Gasteiger partial charge in [0.2, 0.25) is 0 Å². The van der Waals surface area contributed by atoms with E-state index in [0.29, 0.717) is 12.4 Å². The maximum absolute atomic E-state index is 9.36. The lowest BCUT2D eigenvalue weighted by atomic mass is 10.1. The predicted molar refractivity (Wildman–Crippen MR) is 47.3 cm³/mol. The summed E-state index contributed by atoms with van der Waals surface area (Å²) in [7, 11) is 0. The molecule has 0 radical (unpaired) electrons. The van der Waals surface area contributed by atoms with Crippen LogP contribution in [0.15, 0.2) is 35.6 Å². The number of rotatable bonds is 2. The van der Waals surface area contributed by atoms with Crippen LogP contribution in [-0.2, 0) is 4.74 Å². The molecule has 0 atom stereocenters. The van der Waals surface area contributed by atoms with Gasteiger partial charge in [-0.1, -0.05) is 6.58 Å². The minimum Gasteiger partial charge on any atom is -0.503 e. The van der Waals surface area contributed by atoms with Crippen LogP contribution >= 0.6 is 0 Å². The lowest BCUT2D eigenvalue weighted by Crippen LogP contribution is -2.15. The highest BCUT2D eigenvalue weighted by molar-refractivity contribution is 5.40. The Hall–Kier alpha value is -1.38. The van der Waals surface area contributed by atoms with Crippen molar-refractivity contribution < 1.29 is 9.84 Å².